The zero-order valence-corrected chi connectivity index (χ0v) is 17.9. The van der Waals surface area contributed by atoms with Crippen LogP contribution in [0.1, 0.15) is 41.4 Å². The first kappa shape index (κ1) is 20.3. The molecule has 0 saturated carbocycles. The van der Waals surface area contributed by atoms with Crippen LogP contribution < -0.4 is 10.1 Å². The zero-order chi connectivity index (χ0) is 22.0. The molecule has 0 unspecified atom stereocenters. The van der Waals surface area contributed by atoms with Crippen molar-refractivity contribution in [1.29, 1.82) is 0 Å². The van der Waals surface area contributed by atoms with Crippen LogP contribution in [0, 0.1) is 6.92 Å². The van der Waals surface area contributed by atoms with Crippen molar-refractivity contribution < 1.29 is 9.53 Å². The number of amides is 1. The van der Waals surface area contributed by atoms with Gasteiger partial charge in [0.05, 0.1) is 35.8 Å². The Hall–Kier alpha value is -3.94. The van der Waals surface area contributed by atoms with E-state index < -0.39 is 0 Å². The van der Waals surface area contributed by atoms with Crippen LogP contribution >= 0.6 is 0 Å². The number of carbonyl (C=O) groups excluding carboxylic acids is 1. The summed E-state index contributed by atoms with van der Waals surface area (Å²) in [5.41, 5.74) is 4.13. The van der Waals surface area contributed by atoms with Crippen LogP contribution in [-0.2, 0) is 0 Å². The number of rotatable bonds is 6. The Morgan fingerprint density at radius 2 is 1.87 bits per heavy atom. The molecular weight excluding hydrogens is 392 g/mol. The van der Waals surface area contributed by atoms with Gasteiger partial charge in [-0.3, -0.25) is 15.2 Å². The maximum atomic E-state index is 13.0. The van der Waals surface area contributed by atoms with E-state index in [1.807, 2.05) is 69.3 Å². The second kappa shape index (κ2) is 8.43. The number of hydrogen-bond acceptors (Lipinski definition) is 5. The van der Waals surface area contributed by atoms with E-state index >= 15 is 0 Å². The van der Waals surface area contributed by atoms with Crippen LogP contribution in [0.2, 0.25) is 0 Å². The van der Waals surface area contributed by atoms with Gasteiger partial charge in [-0.25, -0.2) is 4.68 Å². The van der Waals surface area contributed by atoms with Gasteiger partial charge in [-0.05, 0) is 37.1 Å². The van der Waals surface area contributed by atoms with Crippen LogP contribution in [0.3, 0.4) is 0 Å². The van der Waals surface area contributed by atoms with E-state index in [0.29, 0.717) is 17.1 Å². The molecule has 0 radical (unpaired) electrons. The van der Waals surface area contributed by atoms with Crippen molar-refractivity contribution in [3.63, 3.8) is 0 Å². The molecule has 31 heavy (non-hydrogen) atoms. The van der Waals surface area contributed by atoms with Crippen molar-refractivity contribution in [3.05, 3.63) is 71.5 Å². The van der Waals surface area contributed by atoms with E-state index in [1.165, 1.54) is 0 Å². The minimum Gasteiger partial charge on any atom is -0.496 e. The number of aromatic nitrogens is 5. The number of anilines is 1. The molecule has 0 bridgehead atoms. The van der Waals surface area contributed by atoms with Gasteiger partial charge >= 0.3 is 0 Å². The van der Waals surface area contributed by atoms with Crippen molar-refractivity contribution in [2.24, 2.45) is 0 Å². The van der Waals surface area contributed by atoms with Crippen molar-refractivity contribution in [1.82, 2.24) is 25.0 Å². The molecule has 0 saturated heterocycles. The number of carbonyl (C=O) groups is 1. The third-order valence-electron chi connectivity index (χ3n) is 4.95. The standard InChI is InChI=1S/C23H24N6O2/c1-14(2)20-18(13-24-29(20)16-11-9-15(3)10-12-16)22(30)26-23-25-21(27-28-23)17-7-5-6-8-19(17)31-4/h5-14H,1-4H3,(H2,25,26,27,28,30). The Labute approximate surface area is 180 Å². The van der Waals surface area contributed by atoms with Gasteiger partial charge in [0, 0.05) is 0 Å². The molecule has 4 rings (SSSR count). The second-order valence-electron chi connectivity index (χ2n) is 7.51. The first-order valence-electron chi connectivity index (χ1n) is 10.00. The van der Waals surface area contributed by atoms with Gasteiger partial charge in [0.1, 0.15) is 5.75 Å². The molecule has 2 heterocycles. The predicted octanol–water partition coefficient (Wildman–Crippen LogP) is 4.35. The average Bonchev–Trinajstić information content (AvgIpc) is 3.41. The SMILES string of the molecule is COc1ccccc1-c1nc(NC(=O)c2cnn(-c3ccc(C)cc3)c2C(C)C)n[nH]1. The zero-order valence-electron chi connectivity index (χ0n) is 17.9. The molecule has 2 aromatic carbocycles. The summed E-state index contributed by atoms with van der Waals surface area (Å²) in [4.78, 5) is 17.4. The minimum absolute atomic E-state index is 0.0841. The number of aromatic amines is 1. The minimum atomic E-state index is -0.312. The Bertz CT molecular complexity index is 1210. The van der Waals surface area contributed by atoms with E-state index in [0.717, 1.165) is 22.5 Å². The lowest BCUT2D eigenvalue weighted by Gasteiger charge is -2.12. The van der Waals surface area contributed by atoms with Crippen molar-refractivity contribution in [2.75, 3.05) is 12.4 Å². The number of H-pyrrole nitrogens is 1. The highest BCUT2D eigenvalue weighted by Crippen LogP contribution is 2.28. The molecule has 8 nitrogen and oxygen atoms in total. The van der Waals surface area contributed by atoms with Crippen LogP contribution in [0.4, 0.5) is 5.95 Å². The van der Waals surface area contributed by atoms with Crippen LogP contribution in [0.15, 0.2) is 54.7 Å². The van der Waals surface area contributed by atoms with E-state index in [1.54, 1.807) is 18.0 Å². The van der Waals surface area contributed by atoms with Gasteiger partial charge in [0.25, 0.3) is 5.91 Å². The topological polar surface area (TPSA) is 97.7 Å². The van der Waals surface area contributed by atoms with Crippen LogP contribution in [0.25, 0.3) is 17.1 Å². The van der Waals surface area contributed by atoms with Crippen molar-refractivity contribution >= 4 is 11.9 Å². The molecule has 8 heteroatoms. The first-order valence-corrected chi connectivity index (χ1v) is 10.00. The third-order valence-corrected chi connectivity index (χ3v) is 4.95. The Kier molecular flexibility index (Phi) is 5.53. The van der Waals surface area contributed by atoms with E-state index in [4.69, 9.17) is 4.74 Å². The van der Waals surface area contributed by atoms with Gasteiger partial charge in [-0.2, -0.15) is 10.1 Å². The van der Waals surface area contributed by atoms with Crippen molar-refractivity contribution in [3.8, 4) is 22.8 Å². The lowest BCUT2D eigenvalue weighted by molar-refractivity contribution is 0.102. The quantitative estimate of drug-likeness (QED) is 0.487. The van der Waals surface area contributed by atoms with Crippen molar-refractivity contribution in [2.45, 2.75) is 26.7 Å². The first-order chi connectivity index (χ1) is 15.0. The van der Waals surface area contributed by atoms with E-state index in [-0.39, 0.29) is 17.8 Å². The molecule has 2 N–H and O–H groups in total. The summed E-state index contributed by atoms with van der Waals surface area (Å²) in [6.07, 6.45) is 1.58. The Morgan fingerprint density at radius 1 is 1.13 bits per heavy atom. The summed E-state index contributed by atoms with van der Waals surface area (Å²) in [6, 6.07) is 15.5. The highest BCUT2D eigenvalue weighted by atomic mass is 16.5. The molecular formula is C23H24N6O2. The molecule has 0 aliphatic rings. The number of nitrogens with zero attached hydrogens (tertiary/aromatic N) is 4. The number of ether oxygens (including phenoxy) is 1. The number of aryl methyl sites for hydroxylation is 1. The molecule has 0 aliphatic heterocycles. The average molecular weight is 416 g/mol. The monoisotopic (exact) mass is 416 g/mol. The lowest BCUT2D eigenvalue weighted by Crippen LogP contribution is -2.16. The summed E-state index contributed by atoms with van der Waals surface area (Å²) in [7, 11) is 1.59. The third kappa shape index (κ3) is 4.05. The molecule has 0 atom stereocenters. The molecule has 1 amide bonds. The van der Waals surface area contributed by atoms with E-state index in [9.17, 15) is 4.79 Å². The summed E-state index contributed by atoms with van der Waals surface area (Å²) < 4.78 is 7.17. The van der Waals surface area contributed by atoms with Gasteiger partial charge in [0.2, 0.25) is 5.95 Å². The van der Waals surface area contributed by atoms with E-state index in [2.05, 4.69) is 25.6 Å². The highest BCUT2D eigenvalue weighted by molar-refractivity contribution is 6.04. The van der Waals surface area contributed by atoms with Gasteiger partial charge < -0.3 is 4.74 Å². The lowest BCUT2D eigenvalue weighted by atomic mass is 10.0. The fraction of sp³-hybridized carbons (Fsp3) is 0.217. The van der Waals surface area contributed by atoms with Gasteiger partial charge in [-0.1, -0.05) is 43.7 Å². The number of para-hydroxylation sites is 1. The van der Waals surface area contributed by atoms with Crippen LogP contribution in [0.5, 0.6) is 5.75 Å². The predicted molar refractivity (Wildman–Crippen MR) is 119 cm³/mol. The maximum absolute atomic E-state index is 13.0. The molecule has 0 aliphatic carbocycles. The molecule has 0 fully saturated rings. The molecule has 0 spiro atoms. The molecule has 4 aromatic rings. The summed E-state index contributed by atoms with van der Waals surface area (Å²) >= 11 is 0. The maximum Gasteiger partial charge on any atom is 0.261 e. The normalized spacial score (nSPS) is 11.0. The number of nitrogens with one attached hydrogen (secondary N) is 2. The number of methoxy groups -OCH3 is 1. The van der Waals surface area contributed by atoms with Gasteiger partial charge in [-0.15, -0.1) is 5.10 Å². The molecule has 2 aromatic heterocycles. The summed E-state index contributed by atoms with van der Waals surface area (Å²) in [6.45, 7) is 6.10. The van der Waals surface area contributed by atoms with Gasteiger partial charge in [0.15, 0.2) is 5.82 Å². The number of benzene rings is 2. The fourth-order valence-electron chi connectivity index (χ4n) is 3.43. The Morgan fingerprint density at radius 3 is 2.58 bits per heavy atom. The molecule has 158 valence electrons. The smallest absolute Gasteiger partial charge is 0.261 e. The highest BCUT2D eigenvalue weighted by Gasteiger charge is 2.22. The largest absolute Gasteiger partial charge is 0.496 e. The summed E-state index contributed by atoms with van der Waals surface area (Å²) in [5, 5.41) is 14.2. The fourth-order valence-corrected chi connectivity index (χ4v) is 3.43. The summed E-state index contributed by atoms with van der Waals surface area (Å²) in [5.74, 6) is 1.13. The second-order valence-corrected chi connectivity index (χ2v) is 7.51. The van der Waals surface area contributed by atoms with Crippen LogP contribution in [-0.4, -0.2) is 38.0 Å². The Balaban J connectivity index is 1.61. The number of hydrogen-bond donors (Lipinski definition) is 2.